The molecule has 0 radical (unpaired) electrons. The maximum atomic E-state index is 13.2. The van der Waals surface area contributed by atoms with E-state index in [1.54, 1.807) is 6.92 Å². The molecule has 0 aliphatic carbocycles. The molecule has 1 rings (SSSR count). The summed E-state index contributed by atoms with van der Waals surface area (Å²) in [7, 11) is 0. The quantitative estimate of drug-likeness (QED) is 0.677. The number of aromatic nitrogens is 2. The predicted octanol–water partition coefficient (Wildman–Crippen LogP) is 0.840. The number of hydrogen-bond donors (Lipinski definition) is 3. The van der Waals surface area contributed by atoms with Gasteiger partial charge in [-0.2, -0.15) is 4.98 Å². The lowest BCUT2D eigenvalue weighted by atomic mass is 10.3. The van der Waals surface area contributed by atoms with E-state index in [9.17, 15) is 4.39 Å². The van der Waals surface area contributed by atoms with Gasteiger partial charge in [0, 0.05) is 12.6 Å². The van der Waals surface area contributed by atoms with Gasteiger partial charge in [-0.25, -0.2) is 9.37 Å². The van der Waals surface area contributed by atoms with Gasteiger partial charge in [0.2, 0.25) is 5.95 Å². The van der Waals surface area contributed by atoms with Gasteiger partial charge in [0.15, 0.2) is 11.6 Å². The zero-order valence-corrected chi connectivity index (χ0v) is 8.79. The van der Waals surface area contributed by atoms with Crippen LogP contribution in [0.15, 0.2) is 6.20 Å². The highest BCUT2D eigenvalue weighted by molar-refractivity contribution is 5.41. The summed E-state index contributed by atoms with van der Waals surface area (Å²) in [6.45, 7) is 4.21. The van der Waals surface area contributed by atoms with Crippen molar-refractivity contribution in [1.82, 2.24) is 9.97 Å². The molecule has 0 fully saturated rings. The summed E-state index contributed by atoms with van der Waals surface area (Å²) >= 11 is 0. The third-order valence-electron chi connectivity index (χ3n) is 1.74. The molecule has 0 saturated heterocycles. The van der Waals surface area contributed by atoms with Crippen molar-refractivity contribution in [3.8, 4) is 0 Å². The number of anilines is 2. The SMILES string of the molecule is CCNc1ncc(F)c(NC(C)CO)n1. The summed E-state index contributed by atoms with van der Waals surface area (Å²) in [5, 5.41) is 14.4. The van der Waals surface area contributed by atoms with Gasteiger partial charge >= 0.3 is 0 Å². The molecule has 1 aromatic heterocycles. The Bertz CT molecular complexity index is 321. The molecule has 15 heavy (non-hydrogen) atoms. The summed E-state index contributed by atoms with van der Waals surface area (Å²) in [6.07, 6.45) is 1.09. The fourth-order valence-corrected chi connectivity index (χ4v) is 0.991. The van der Waals surface area contributed by atoms with Crippen molar-refractivity contribution in [3.63, 3.8) is 0 Å². The molecule has 3 N–H and O–H groups in total. The standard InChI is InChI=1S/C9H15FN4O/c1-3-11-9-12-4-7(10)8(14-9)13-6(2)5-15/h4,6,15H,3,5H2,1-2H3,(H2,11,12,13,14). The van der Waals surface area contributed by atoms with E-state index in [0.717, 1.165) is 6.20 Å². The van der Waals surface area contributed by atoms with E-state index < -0.39 is 5.82 Å². The van der Waals surface area contributed by atoms with Crippen LogP contribution in [0.2, 0.25) is 0 Å². The van der Waals surface area contributed by atoms with Crippen LogP contribution < -0.4 is 10.6 Å². The first-order chi connectivity index (χ1) is 7.17. The largest absolute Gasteiger partial charge is 0.394 e. The van der Waals surface area contributed by atoms with Crippen LogP contribution in [0.5, 0.6) is 0 Å². The molecule has 6 heteroatoms. The molecule has 5 nitrogen and oxygen atoms in total. The minimum absolute atomic E-state index is 0.0834. The number of nitrogens with one attached hydrogen (secondary N) is 2. The van der Waals surface area contributed by atoms with Gasteiger partial charge in [-0.05, 0) is 13.8 Å². The molecule has 0 bridgehead atoms. The van der Waals surface area contributed by atoms with Gasteiger partial charge in [-0.1, -0.05) is 0 Å². The molecule has 0 spiro atoms. The fraction of sp³-hybridized carbons (Fsp3) is 0.556. The predicted molar refractivity (Wildman–Crippen MR) is 56.3 cm³/mol. The van der Waals surface area contributed by atoms with Crippen LogP contribution in [-0.4, -0.2) is 34.3 Å². The maximum absolute atomic E-state index is 13.2. The molecule has 1 aromatic rings. The van der Waals surface area contributed by atoms with E-state index in [0.29, 0.717) is 12.5 Å². The van der Waals surface area contributed by atoms with E-state index in [4.69, 9.17) is 5.11 Å². The summed E-state index contributed by atoms with van der Waals surface area (Å²) in [4.78, 5) is 7.69. The van der Waals surface area contributed by atoms with Crippen molar-refractivity contribution < 1.29 is 9.50 Å². The topological polar surface area (TPSA) is 70.1 Å². The van der Waals surface area contributed by atoms with E-state index in [1.165, 1.54) is 0 Å². The Morgan fingerprint density at radius 3 is 2.93 bits per heavy atom. The van der Waals surface area contributed by atoms with Crippen molar-refractivity contribution in [3.05, 3.63) is 12.0 Å². The normalized spacial score (nSPS) is 12.3. The minimum atomic E-state index is -0.531. The van der Waals surface area contributed by atoms with Crippen LogP contribution in [0.3, 0.4) is 0 Å². The first-order valence-electron chi connectivity index (χ1n) is 4.81. The second kappa shape index (κ2) is 5.45. The van der Waals surface area contributed by atoms with Gasteiger partial charge in [-0.3, -0.25) is 0 Å². The Morgan fingerprint density at radius 2 is 2.33 bits per heavy atom. The third-order valence-corrected chi connectivity index (χ3v) is 1.74. The smallest absolute Gasteiger partial charge is 0.224 e. The highest BCUT2D eigenvalue weighted by Crippen LogP contribution is 2.12. The molecular formula is C9H15FN4O. The van der Waals surface area contributed by atoms with Gasteiger partial charge in [0.25, 0.3) is 0 Å². The van der Waals surface area contributed by atoms with Gasteiger partial charge in [0.1, 0.15) is 0 Å². The van der Waals surface area contributed by atoms with Gasteiger partial charge in [0.05, 0.1) is 12.8 Å². The van der Waals surface area contributed by atoms with Crippen LogP contribution in [0.4, 0.5) is 16.2 Å². The summed E-state index contributed by atoms with van der Waals surface area (Å²) in [6, 6.07) is -0.246. The van der Waals surface area contributed by atoms with E-state index in [2.05, 4.69) is 20.6 Å². The van der Waals surface area contributed by atoms with Crippen LogP contribution in [0.25, 0.3) is 0 Å². The van der Waals surface area contributed by atoms with Crippen molar-refractivity contribution in [2.75, 3.05) is 23.8 Å². The van der Waals surface area contributed by atoms with E-state index >= 15 is 0 Å². The molecule has 0 aliphatic rings. The Morgan fingerprint density at radius 1 is 1.60 bits per heavy atom. The summed E-state index contributed by atoms with van der Waals surface area (Å²) in [5.41, 5.74) is 0. The lowest BCUT2D eigenvalue weighted by Crippen LogP contribution is -2.21. The van der Waals surface area contributed by atoms with Crippen molar-refractivity contribution in [2.24, 2.45) is 0 Å². The fourth-order valence-electron chi connectivity index (χ4n) is 0.991. The monoisotopic (exact) mass is 214 g/mol. The lowest BCUT2D eigenvalue weighted by molar-refractivity contribution is 0.281. The molecule has 0 aliphatic heterocycles. The number of aliphatic hydroxyl groups excluding tert-OH is 1. The summed E-state index contributed by atoms with van der Waals surface area (Å²) < 4.78 is 13.2. The van der Waals surface area contributed by atoms with Crippen LogP contribution in [-0.2, 0) is 0 Å². The van der Waals surface area contributed by atoms with Gasteiger partial charge in [-0.15, -0.1) is 0 Å². The van der Waals surface area contributed by atoms with Crippen molar-refractivity contribution in [2.45, 2.75) is 19.9 Å². The number of hydrogen-bond acceptors (Lipinski definition) is 5. The Balaban J connectivity index is 2.80. The molecule has 1 unspecified atom stereocenters. The molecule has 1 atom stereocenters. The van der Waals surface area contributed by atoms with E-state index in [-0.39, 0.29) is 18.5 Å². The number of halogens is 1. The van der Waals surface area contributed by atoms with Crippen LogP contribution >= 0.6 is 0 Å². The zero-order valence-electron chi connectivity index (χ0n) is 8.79. The number of nitrogens with zero attached hydrogens (tertiary/aromatic N) is 2. The van der Waals surface area contributed by atoms with Crippen LogP contribution in [0.1, 0.15) is 13.8 Å². The second-order valence-electron chi connectivity index (χ2n) is 3.15. The lowest BCUT2D eigenvalue weighted by Gasteiger charge is -2.12. The number of aliphatic hydroxyl groups is 1. The molecule has 1 heterocycles. The van der Waals surface area contributed by atoms with Crippen molar-refractivity contribution in [1.29, 1.82) is 0 Å². The Kier molecular flexibility index (Phi) is 4.23. The average Bonchev–Trinajstić information content (AvgIpc) is 2.23. The molecule has 0 amide bonds. The highest BCUT2D eigenvalue weighted by Gasteiger charge is 2.08. The number of rotatable bonds is 5. The molecular weight excluding hydrogens is 199 g/mol. The Labute approximate surface area is 87.8 Å². The minimum Gasteiger partial charge on any atom is -0.394 e. The highest BCUT2D eigenvalue weighted by atomic mass is 19.1. The molecule has 0 aromatic carbocycles. The van der Waals surface area contributed by atoms with Crippen LogP contribution in [0, 0.1) is 5.82 Å². The average molecular weight is 214 g/mol. The van der Waals surface area contributed by atoms with Crippen molar-refractivity contribution >= 4 is 11.8 Å². The maximum Gasteiger partial charge on any atom is 0.224 e. The van der Waals surface area contributed by atoms with Gasteiger partial charge < -0.3 is 15.7 Å². The first-order valence-corrected chi connectivity index (χ1v) is 4.81. The molecule has 84 valence electrons. The first kappa shape index (κ1) is 11.6. The zero-order chi connectivity index (χ0) is 11.3. The summed E-state index contributed by atoms with van der Waals surface area (Å²) in [5.74, 6) is -0.0639. The van der Waals surface area contributed by atoms with E-state index in [1.807, 2.05) is 6.92 Å². The molecule has 0 saturated carbocycles. The second-order valence-corrected chi connectivity index (χ2v) is 3.15. The third kappa shape index (κ3) is 3.32. The Hall–Kier alpha value is -1.43.